The molecule has 2 N–H and O–H groups in total. The second-order valence-corrected chi connectivity index (χ2v) is 14.9. The average Bonchev–Trinajstić information content (AvgIpc) is 3.49. The van der Waals surface area contributed by atoms with Crippen LogP contribution in [-0.2, 0) is 24.0 Å². The van der Waals surface area contributed by atoms with Crippen molar-refractivity contribution in [3.05, 3.63) is 124 Å². The highest BCUT2D eigenvalue weighted by atomic mass is 35.5. The van der Waals surface area contributed by atoms with Crippen LogP contribution in [0.15, 0.2) is 89.8 Å². The van der Waals surface area contributed by atoms with Crippen molar-refractivity contribution in [3.8, 4) is 5.69 Å². The minimum atomic E-state index is -1.89. The van der Waals surface area contributed by atoms with Crippen molar-refractivity contribution in [2.45, 2.75) is 70.4 Å². The van der Waals surface area contributed by atoms with E-state index >= 15 is 0 Å². The molecule has 53 heavy (non-hydrogen) atoms. The molecule has 10 nitrogen and oxygen atoms in total. The highest BCUT2D eigenvalue weighted by Gasteiger charge is 2.33. The molecule has 0 bridgehead atoms. The Morgan fingerprint density at radius 3 is 2.30 bits per heavy atom. The molecule has 1 aliphatic rings. The Morgan fingerprint density at radius 2 is 1.60 bits per heavy atom. The summed E-state index contributed by atoms with van der Waals surface area (Å²) < 4.78 is 17.4. The van der Waals surface area contributed by atoms with Gasteiger partial charge in [-0.2, -0.15) is 5.10 Å². The van der Waals surface area contributed by atoms with Crippen LogP contribution in [0.5, 0.6) is 0 Å². The van der Waals surface area contributed by atoms with Crippen molar-refractivity contribution in [3.63, 3.8) is 0 Å². The number of hydrogen-bond donors (Lipinski definition) is 2. The number of fused-ring (bicyclic) bond motifs is 2. The summed E-state index contributed by atoms with van der Waals surface area (Å²) in [6.45, 7) is 6.99. The molecular weight excluding hydrogens is 710 g/mol. The van der Waals surface area contributed by atoms with E-state index in [1.807, 2.05) is 54.6 Å². The van der Waals surface area contributed by atoms with Gasteiger partial charge in [0.05, 0.1) is 39.5 Å². The molecule has 1 aliphatic heterocycles. The fourth-order valence-electron chi connectivity index (χ4n) is 6.68. The minimum Gasteiger partial charge on any atom is -0.394 e. The number of halogens is 1. The molecule has 0 saturated carbocycles. The van der Waals surface area contributed by atoms with E-state index in [0.29, 0.717) is 35.8 Å². The van der Waals surface area contributed by atoms with E-state index in [1.54, 1.807) is 34.9 Å². The maximum absolute atomic E-state index is 14.7. The molecule has 0 fully saturated rings. The Labute approximate surface area is 317 Å². The number of carbonyl (C=O) groups is 3. The largest absolute Gasteiger partial charge is 0.394 e. The first-order valence-electron chi connectivity index (χ1n) is 18.0. The molecule has 5 aromatic rings. The Hall–Kier alpha value is -4.84. The van der Waals surface area contributed by atoms with Gasteiger partial charge in [0, 0.05) is 25.2 Å². The quantitative estimate of drug-likeness (QED) is 0.133. The Kier molecular flexibility index (Phi) is 12.1. The number of aromatic nitrogens is 2. The lowest BCUT2D eigenvalue weighted by atomic mass is 9.93. The normalized spacial score (nSPS) is 14.5. The van der Waals surface area contributed by atoms with Gasteiger partial charge in [-0.3, -0.25) is 19.1 Å². The summed E-state index contributed by atoms with van der Waals surface area (Å²) >= 11 is 6.83. The molecule has 2 unspecified atom stereocenters. The molecule has 12 heteroatoms. The van der Waals surface area contributed by atoms with Crippen LogP contribution in [0.4, 0.5) is 0 Å². The number of nitrogens with one attached hydrogen (secondary N) is 1. The number of unbranched alkanes of at least 4 members (excludes halogenated alkanes) is 2. The Bertz CT molecular complexity index is 2180. The van der Waals surface area contributed by atoms with Crippen molar-refractivity contribution in [1.82, 2.24) is 24.3 Å². The lowest BCUT2D eigenvalue weighted by Crippen LogP contribution is -2.46. The number of hydrogen-bond acceptors (Lipinski definition) is 6. The molecule has 0 spiro atoms. The van der Waals surface area contributed by atoms with E-state index in [9.17, 15) is 23.7 Å². The highest BCUT2D eigenvalue weighted by Crippen LogP contribution is 2.31. The molecule has 2 atom stereocenters. The molecule has 0 saturated heterocycles. The first kappa shape index (κ1) is 37.9. The van der Waals surface area contributed by atoms with Gasteiger partial charge in [0.15, 0.2) is 16.7 Å². The zero-order valence-electron chi connectivity index (χ0n) is 30.2. The van der Waals surface area contributed by atoms with Crippen LogP contribution in [0, 0.1) is 6.92 Å². The van der Waals surface area contributed by atoms with Crippen LogP contribution < -0.4 is 4.72 Å². The van der Waals surface area contributed by atoms with E-state index in [-0.39, 0.29) is 40.9 Å². The van der Waals surface area contributed by atoms with Crippen LogP contribution in [-0.4, -0.2) is 72.4 Å². The van der Waals surface area contributed by atoms with E-state index < -0.39 is 28.8 Å². The van der Waals surface area contributed by atoms with E-state index in [0.717, 1.165) is 47.6 Å². The summed E-state index contributed by atoms with van der Waals surface area (Å²) in [5.74, 6) is -1.37. The summed E-state index contributed by atoms with van der Waals surface area (Å²) in [5, 5.41) is 17.2. The number of amides is 3. The van der Waals surface area contributed by atoms with Crippen LogP contribution in [0.2, 0.25) is 5.02 Å². The van der Waals surface area contributed by atoms with E-state index in [2.05, 4.69) is 18.6 Å². The molecule has 276 valence electrons. The average molecular weight is 754 g/mol. The van der Waals surface area contributed by atoms with Gasteiger partial charge in [0.1, 0.15) is 0 Å². The first-order valence-corrected chi connectivity index (χ1v) is 19.6. The van der Waals surface area contributed by atoms with Gasteiger partial charge < -0.3 is 14.9 Å². The third-order valence-electron chi connectivity index (χ3n) is 9.76. The van der Waals surface area contributed by atoms with Crippen LogP contribution in [0.25, 0.3) is 16.5 Å². The lowest BCUT2D eigenvalue weighted by Gasteiger charge is -2.36. The number of benzene rings is 4. The van der Waals surface area contributed by atoms with Gasteiger partial charge in [0.2, 0.25) is 0 Å². The maximum Gasteiger partial charge on any atom is 0.275 e. The lowest BCUT2D eigenvalue weighted by molar-refractivity contribution is 0.0544. The highest BCUT2D eigenvalue weighted by molar-refractivity contribution is 7.83. The fourth-order valence-corrected chi connectivity index (χ4v) is 7.71. The third kappa shape index (κ3) is 8.07. The van der Waals surface area contributed by atoms with Gasteiger partial charge in [-0.05, 0) is 78.4 Å². The van der Waals surface area contributed by atoms with Gasteiger partial charge in [0.25, 0.3) is 17.7 Å². The van der Waals surface area contributed by atoms with Gasteiger partial charge in [-0.15, -0.1) is 0 Å². The first-order chi connectivity index (χ1) is 25.6. The Balaban J connectivity index is 1.39. The van der Waals surface area contributed by atoms with Crippen molar-refractivity contribution in [1.29, 1.82) is 0 Å². The third-order valence-corrected chi connectivity index (χ3v) is 11.3. The smallest absolute Gasteiger partial charge is 0.275 e. The number of aliphatic hydroxyl groups excluding tert-OH is 1. The number of nitrogens with zero attached hydrogens (tertiary/aromatic N) is 4. The molecule has 0 aliphatic carbocycles. The predicted octanol–water partition coefficient (Wildman–Crippen LogP) is 7.04. The topological polar surface area (TPSA) is 125 Å². The summed E-state index contributed by atoms with van der Waals surface area (Å²) in [6.07, 6.45) is 3.98. The van der Waals surface area contributed by atoms with Gasteiger partial charge >= 0.3 is 0 Å². The van der Waals surface area contributed by atoms with Crippen molar-refractivity contribution >= 4 is 51.1 Å². The second-order valence-electron chi connectivity index (χ2n) is 13.3. The minimum absolute atomic E-state index is 0.0857. The zero-order valence-corrected chi connectivity index (χ0v) is 31.8. The Morgan fingerprint density at radius 1 is 0.925 bits per heavy atom. The molecule has 1 aromatic heterocycles. The van der Waals surface area contributed by atoms with Crippen molar-refractivity contribution < 1.29 is 23.7 Å². The fraction of sp³-hybridized carbons (Fsp3) is 0.317. The molecule has 6 rings (SSSR count). The summed E-state index contributed by atoms with van der Waals surface area (Å²) in [4.78, 5) is 46.0. The monoisotopic (exact) mass is 753 g/mol. The molecule has 2 heterocycles. The van der Waals surface area contributed by atoms with Crippen LogP contribution in [0.3, 0.4) is 0 Å². The summed E-state index contributed by atoms with van der Waals surface area (Å²) in [6, 6.07) is 24.8. The molecule has 0 radical (unpaired) electrons. The summed E-state index contributed by atoms with van der Waals surface area (Å²) in [7, 11) is -1.89. The predicted molar refractivity (Wildman–Crippen MR) is 208 cm³/mol. The van der Waals surface area contributed by atoms with Gasteiger partial charge in [-0.1, -0.05) is 92.9 Å². The van der Waals surface area contributed by atoms with Gasteiger partial charge in [-0.25, -0.2) is 8.89 Å². The van der Waals surface area contributed by atoms with Crippen LogP contribution >= 0.6 is 11.6 Å². The molecule has 3 amide bonds. The molecular formula is C41H44ClN5O5S. The number of aliphatic hydroxyl groups is 1. The van der Waals surface area contributed by atoms with Crippen molar-refractivity contribution in [2.24, 2.45) is 0 Å². The van der Waals surface area contributed by atoms with Crippen molar-refractivity contribution in [2.75, 3.05) is 19.7 Å². The summed E-state index contributed by atoms with van der Waals surface area (Å²) in [5.41, 5.74) is 3.06. The number of rotatable bonds is 13. The molecule has 4 aromatic carbocycles. The SMILES string of the molecule is CCCCN(CCCC)C(=O)c1nn(-c2ccc(C(=O)NS(=O)c3ccc4ccccc4c3)cc2C(=O)N2Cc3ccccc3CC2CO)c(C)c1Cl. The van der Waals surface area contributed by atoms with E-state index in [1.165, 1.54) is 16.8 Å². The standard InChI is InChI=1S/C41H44ClN5O5S/c1-4-6-20-45(21-7-5-2)41(51)38-37(42)27(3)47(43-38)36-19-17-31(39(49)44-53(52)34-18-16-28-12-8-9-14-30(28)23-34)24-35(36)40(50)46-25-32-15-11-10-13-29(32)22-33(46)26-48/h8-19,23-24,33,48H,4-7,20-22,25-26H2,1-3H3,(H,44,49). The zero-order chi connectivity index (χ0) is 37.6. The number of carbonyl (C=O) groups excluding carboxylic acids is 3. The van der Waals surface area contributed by atoms with Crippen LogP contribution in [0.1, 0.15) is 87.6 Å². The maximum atomic E-state index is 14.7. The second kappa shape index (κ2) is 16.9. The van der Waals surface area contributed by atoms with E-state index in [4.69, 9.17) is 16.7 Å².